The Morgan fingerprint density at radius 2 is 1.32 bits per heavy atom. The normalized spacial score (nSPS) is 12.4. The van der Waals surface area contributed by atoms with E-state index in [0.717, 1.165) is 29.7 Å². The molecular weight excluding hydrogens is 574 g/mol. The van der Waals surface area contributed by atoms with E-state index < -0.39 is 8.07 Å². The first-order valence-corrected chi connectivity index (χ1v) is 11.2. The first-order chi connectivity index (χ1) is 13.9. The maximum absolute atomic E-state index is 3.86. The van der Waals surface area contributed by atoms with E-state index in [9.17, 15) is 0 Å². The molecule has 0 aliphatic heterocycles. The number of allylic oxidation sites excluding steroid dienone is 5. The van der Waals surface area contributed by atoms with Gasteiger partial charge < -0.3 is 14.9 Å². The Bertz CT molecular complexity index is 954. The van der Waals surface area contributed by atoms with E-state index in [-0.39, 0.29) is 35.0 Å². The van der Waals surface area contributed by atoms with Crippen LogP contribution in [-0.4, -0.2) is 0 Å². The van der Waals surface area contributed by atoms with Crippen LogP contribution in [0.4, 0.5) is 5.69 Å². The minimum absolute atomic E-state index is 0. The summed E-state index contributed by atoms with van der Waals surface area (Å²) < 4.78 is 0. The predicted molar refractivity (Wildman–Crippen MR) is 138 cm³/mol. The molecule has 31 heavy (non-hydrogen) atoms. The van der Waals surface area contributed by atoms with Crippen LogP contribution in [0.15, 0.2) is 109 Å². The molecule has 3 aromatic rings. The number of anilines is 1. The summed E-state index contributed by atoms with van der Waals surface area (Å²) in [4.78, 5) is 0. The van der Waals surface area contributed by atoms with Crippen LogP contribution in [0.5, 0.6) is 0 Å². The van der Waals surface area contributed by atoms with Crippen molar-refractivity contribution in [3.8, 4) is 0 Å². The van der Waals surface area contributed by atoms with Gasteiger partial charge in [-0.2, -0.15) is 11.6 Å². The van der Waals surface area contributed by atoms with Gasteiger partial charge in [-0.1, -0.05) is 66.6 Å². The van der Waals surface area contributed by atoms with Gasteiger partial charge in [0.2, 0.25) is 0 Å². The quantitative estimate of drug-likeness (QED) is 0.240. The third kappa shape index (κ3) is 7.44. The van der Waals surface area contributed by atoms with Crippen LogP contribution in [0.3, 0.4) is 0 Å². The molecule has 160 valence electrons. The number of hydrogen-bond acceptors (Lipinski definition) is 1. The third-order valence-electron chi connectivity index (χ3n) is 4.73. The van der Waals surface area contributed by atoms with Crippen LogP contribution in [-0.2, 0) is 20.1 Å². The van der Waals surface area contributed by atoms with Gasteiger partial charge in [-0.25, -0.2) is 0 Å². The molecule has 0 heterocycles. The van der Waals surface area contributed by atoms with Gasteiger partial charge in [-0.3, -0.25) is 5.09 Å². The average molecular weight is 604 g/mol. The third-order valence-corrected chi connectivity index (χ3v) is 7.08. The molecule has 0 radical (unpaired) electrons. The Morgan fingerprint density at radius 3 is 1.90 bits per heavy atom. The molecule has 0 fully saturated rings. The summed E-state index contributed by atoms with van der Waals surface area (Å²) in [6, 6.07) is 30.0. The van der Waals surface area contributed by atoms with E-state index in [0.29, 0.717) is 0 Å². The zero-order chi connectivity index (χ0) is 19.0. The second-order valence-electron chi connectivity index (χ2n) is 6.75. The van der Waals surface area contributed by atoms with Gasteiger partial charge in [0.05, 0.1) is 0 Å². The predicted octanol–water partition coefficient (Wildman–Crippen LogP) is 6.87. The van der Waals surface area contributed by atoms with Crippen LogP contribution in [0.2, 0.25) is 0 Å². The Hall–Kier alpha value is -2.24. The standard InChI is InChI=1S/C26H23NP.2CH3.Ir/c1-4-12-22(13-5-1)20-21-23-14-10-11-19-26(23)27-28(24-15-6-2-7-16-24)25-17-8-3-9-18-25;;;/h2-4,6-19,21,27H,1,5H2;2*1H3;/q3*-1;+3/p+1. The summed E-state index contributed by atoms with van der Waals surface area (Å²) >= 11 is 0. The first-order valence-electron chi connectivity index (χ1n) is 9.70. The van der Waals surface area contributed by atoms with Crippen molar-refractivity contribution in [2.75, 3.05) is 5.09 Å². The van der Waals surface area contributed by atoms with Crippen LogP contribution in [0.25, 0.3) is 6.08 Å². The number of para-hydroxylation sites is 1. The number of hydrogen-bond donors (Lipinski definition) is 1. The molecule has 0 bridgehead atoms. The molecule has 3 heteroatoms. The second kappa shape index (κ2) is 13.9. The first kappa shape index (κ1) is 26.8. The van der Waals surface area contributed by atoms with E-state index >= 15 is 0 Å². The zero-order valence-electron chi connectivity index (χ0n) is 18.1. The van der Waals surface area contributed by atoms with Crippen molar-refractivity contribution >= 4 is 30.4 Å². The molecule has 0 spiro atoms. The van der Waals surface area contributed by atoms with Crippen LogP contribution in [0, 0.1) is 20.9 Å². The maximum Gasteiger partial charge on any atom is 3.00 e. The van der Waals surface area contributed by atoms with Gasteiger partial charge in [0, 0.05) is 5.69 Å². The molecular formula is C28H30IrNP+. The molecule has 1 N–H and O–H groups in total. The average Bonchev–Trinajstić information content (AvgIpc) is 2.78. The Labute approximate surface area is 203 Å². The molecule has 0 aromatic heterocycles. The minimum Gasteiger partial charge on any atom is -0.358 e. The number of rotatable bonds is 6. The fourth-order valence-corrected chi connectivity index (χ4v) is 5.44. The monoisotopic (exact) mass is 604 g/mol. The Kier molecular flexibility index (Phi) is 12.1. The van der Waals surface area contributed by atoms with Gasteiger partial charge in [0.1, 0.15) is 10.6 Å². The van der Waals surface area contributed by atoms with Gasteiger partial charge >= 0.3 is 20.1 Å². The van der Waals surface area contributed by atoms with Crippen molar-refractivity contribution in [1.29, 1.82) is 0 Å². The summed E-state index contributed by atoms with van der Waals surface area (Å²) in [7, 11) is -1.14. The topological polar surface area (TPSA) is 12.0 Å². The Balaban J connectivity index is 0.00000160. The summed E-state index contributed by atoms with van der Waals surface area (Å²) in [6.45, 7) is 0. The Morgan fingerprint density at radius 1 is 0.742 bits per heavy atom. The second-order valence-corrected chi connectivity index (χ2v) is 8.90. The minimum atomic E-state index is -1.14. The molecule has 0 saturated carbocycles. The van der Waals surface area contributed by atoms with Crippen molar-refractivity contribution < 1.29 is 20.1 Å². The van der Waals surface area contributed by atoms with E-state index in [1.807, 2.05) is 0 Å². The summed E-state index contributed by atoms with van der Waals surface area (Å²) in [5.41, 5.74) is 3.48. The van der Waals surface area contributed by atoms with E-state index in [1.165, 1.54) is 10.6 Å². The molecule has 0 saturated heterocycles. The van der Waals surface area contributed by atoms with E-state index in [2.05, 4.69) is 120 Å². The van der Waals surface area contributed by atoms with Gasteiger partial charge in [0.15, 0.2) is 8.07 Å². The molecule has 1 nitrogen and oxygen atoms in total. The summed E-state index contributed by atoms with van der Waals surface area (Å²) in [5.74, 6) is 0. The van der Waals surface area contributed by atoms with Crippen molar-refractivity contribution in [3.63, 3.8) is 0 Å². The number of benzene rings is 3. The van der Waals surface area contributed by atoms with Crippen LogP contribution >= 0.6 is 8.07 Å². The summed E-state index contributed by atoms with van der Waals surface area (Å²) in [6.07, 6.45) is 14.4. The molecule has 4 rings (SSSR count). The molecule has 1 aliphatic rings. The van der Waals surface area contributed by atoms with E-state index in [1.54, 1.807) is 0 Å². The van der Waals surface area contributed by atoms with Gasteiger partial charge in [-0.15, -0.1) is 24.3 Å². The largest absolute Gasteiger partial charge is 3.00 e. The molecule has 0 unspecified atom stereocenters. The van der Waals surface area contributed by atoms with Crippen molar-refractivity contribution in [2.45, 2.75) is 12.8 Å². The van der Waals surface area contributed by atoms with Gasteiger partial charge in [-0.05, 0) is 36.8 Å². The van der Waals surface area contributed by atoms with Crippen molar-refractivity contribution in [3.05, 3.63) is 135 Å². The SMILES string of the molecule is [C-](=Cc1ccccc1N[PH+](c1ccccc1)c1ccccc1)C1=CCCC=C1.[CH3-].[CH3-].[Ir+3]. The maximum atomic E-state index is 3.86. The zero-order valence-corrected chi connectivity index (χ0v) is 21.5. The van der Waals surface area contributed by atoms with Crippen molar-refractivity contribution in [1.82, 2.24) is 0 Å². The van der Waals surface area contributed by atoms with Crippen molar-refractivity contribution in [2.24, 2.45) is 0 Å². The smallest absolute Gasteiger partial charge is 0.358 e. The fraction of sp³-hybridized carbons (Fsp3) is 0.0714. The molecule has 0 atom stereocenters. The number of nitrogens with one attached hydrogen (secondary N) is 1. The fourth-order valence-electron chi connectivity index (χ4n) is 3.27. The van der Waals surface area contributed by atoms with Gasteiger partial charge in [0.25, 0.3) is 0 Å². The van der Waals surface area contributed by atoms with Crippen LogP contribution < -0.4 is 15.7 Å². The summed E-state index contributed by atoms with van der Waals surface area (Å²) in [5, 5.41) is 6.55. The van der Waals surface area contributed by atoms with E-state index in [4.69, 9.17) is 0 Å². The molecule has 1 aliphatic carbocycles. The van der Waals surface area contributed by atoms with Crippen LogP contribution in [0.1, 0.15) is 18.4 Å². The molecule has 3 aromatic carbocycles. The molecule has 0 amide bonds.